The summed E-state index contributed by atoms with van der Waals surface area (Å²) in [6.45, 7) is 4.20. The molecular formula is C19H28N4O2. The van der Waals surface area contributed by atoms with Crippen LogP contribution < -0.4 is 0 Å². The van der Waals surface area contributed by atoms with Crippen LogP contribution in [-0.2, 0) is 9.59 Å². The normalized spacial score (nSPS) is 28.1. The van der Waals surface area contributed by atoms with Crippen molar-refractivity contribution in [1.29, 1.82) is 0 Å². The highest BCUT2D eigenvalue weighted by Gasteiger charge is 2.40. The number of carbonyl (C=O) groups is 2. The third-order valence-electron chi connectivity index (χ3n) is 6.24. The first-order valence-electron chi connectivity index (χ1n) is 9.71. The van der Waals surface area contributed by atoms with Crippen molar-refractivity contribution in [3.8, 4) is 0 Å². The Morgan fingerprint density at radius 3 is 2.60 bits per heavy atom. The number of aromatic nitrogens is 2. The number of likely N-dealkylation sites (tertiary alicyclic amines) is 2. The van der Waals surface area contributed by atoms with Gasteiger partial charge in [-0.3, -0.25) is 9.59 Å². The van der Waals surface area contributed by atoms with Gasteiger partial charge in [0, 0.05) is 44.5 Å². The zero-order chi connectivity index (χ0) is 17.4. The molecule has 0 radical (unpaired) electrons. The van der Waals surface area contributed by atoms with Gasteiger partial charge in [0.1, 0.15) is 5.82 Å². The average Bonchev–Trinajstić information content (AvgIpc) is 3.35. The zero-order valence-corrected chi connectivity index (χ0v) is 15.1. The fourth-order valence-corrected chi connectivity index (χ4v) is 4.88. The van der Waals surface area contributed by atoms with Gasteiger partial charge in [-0.2, -0.15) is 0 Å². The molecule has 0 aromatic carbocycles. The van der Waals surface area contributed by atoms with Crippen molar-refractivity contribution in [2.75, 3.05) is 19.6 Å². The van der Waals surface area contributed by atoms with E-state index < -0.39 is 0 Å². The Morgan fingerprint density at radius 2 is 1.88 bits per heavy atom. The van der Waals surface area contributed by atoms with Gasteiger partial charge >= 0.3 is 0 Å². The van der Waals surface area contributed by atoms with Gasteiger partial charge in [0.15, 0.2) is 0 Å². The second-order valence-electron chi connectivity index (χ2n) is 7.85. The Labute approximate surface area is 149 Å². The van der Waals surface area contributed by atoms with Gasteiger partial charge in [0.05, 0.1) is 12.0 Å². The Morgan fingerprint density at radius 1 is 1.12 bits per heavy atom. The second-order valence-corrected chi connectivity index (χ2v) is 7.85. The number of hydrogen-bond acceptors (Lipinski definition) is 3. The molecule has 2 aliphatic heterocycles. The van der Waals surface area contributed by atoms with E-state index in [-0.39, 0.29) is 17.7 Å². The van der Waals surface area contributed by atoms with E-state index >= 15 is 0 Å². The smallest absolute Gasteiger partial charge is 0.228 e. The number of amides is 2. The Hall–Kier alpha value is -1.85. The SMILES string of the molecule is Cc1nccn1[C@H]1CCCN(C(=O)[C@@H]2CC(=O)N(C3CCCC3)C2)C1. The summed E-state index contributed by atoms with van der Waals surface area (Å²) in [4.78, 5) is 33.7. The van der Waals surface area contributed by atoms with Crippen LogP contribution in [0.1, 0.15) is 56.8 Å². The second kappa shape index (κ2) is 6.81. The van der Waals surface area contributed by atoms with Gasteiger partial charge in [-0.15, -0.1) is 0 Å². The maximum Gasteiger partial charge on any atom is 0.228 e. The number of piperidine rings is 1. The highest BCUT2D eigenvalue weighted by atomic mass is 16.2. The molecule has 6 heteroatoms. The number of carbonyl (C=O) groups excluding carboxylic acids is 2. The largest absolute Gasteiger partial charge is 0.340 e. The Balaban J connectivity index is 1.40. The van der Waals surface area contributed by atoms with E-state index in [1.54, 1.807) is 0 Å². The molecule has 1 aromatic rings. The average molecular weight is 344 g/mol. The standard InChI is InChI=1S/C19H28N4O2/c1-14-20-8-10-22(14)17-7-4-9-21(13-17)19(25)15-11-18(24)23(12-15)16-5-2-3-6-16/h8,10,15-17H,2-7,9,11-13H2,1H3/t15-,17+/m1/s1. The van der Waals surface area contributed by atoms with Crippen LogP contribution in [0.5, 0.6) is 0 Å². The van der Waals surface area contributed by atoms with Crippen LogP contribution >= 0.6 is 0 Å². The minimum Gasteiger partial charge on any atom is -0.340 e. The van der Waals surface area contributed by atoms with Gasteiger partial charge in [0.2, 0.25) is 11.8 Å². The molecule has 3 aliphatic rings. The lowest BCUT2D eigenvalue weighted by atomic mass is 10.0. The van der Waals surface area contributed by atoms with Gasteiger partial charge in [-0.25, -0.2) is 4.98 Å². The summed E-state index contributed by atoms with van der Waals surface area (Å²) in [5.74, 6) is 1.22. The summed E-state index contributed by atoms with van der Waals surface area (Å²) in [6.07, 6.45) is 11.0. The lowest BCUT2D eigenvalue weighted by molar-refractivity contribution is -0.137. The van der Waals surface area contributed by atoms with Crippen molar-refractivity contribution in [3.63, 3.8) is 0 Å². The Bertz CT molecular complexity index is 650. The number of nitrogens with zero attached hydrogens (tertiary/aromatic N) is 4. The number of hydrogen-bond donors (Lipinski definition) is 0. The molecule has 1 aliphatic carbocycles. The third kappa shape index (κ3) is 3.18. The van der Waals surface area contributed by atoms with Crippen molar-refractivity contribution in [1.82, 2.24) is 19.4 Å². The van der Waals surface area contributed by atoms with Gasteiger partial charge < -0.3 is 14.4 Å². The van der Waals surface area contributed by atoms with E-state index in [9.17, 15) is 9.59 Å². The molecule has 3 fully saturated rings. The summed E-state index contributed by atoms with van der Waals surface area (Å²) in [6, 6.07) is 0.691. The van der Waals surface area contributed by atoms with Crippen LogP contribution in [0.4, 0.5) is 0 Å². The molecule has 0 bridgehead atoms. The highest BCUT2D eigenvalue weighted by molar-refractivity contribution is 5.89. The molecule has 0 unspecified atom stereocenters. The molecule has 1 saturated carbocycles. The maximum absolute atomic E-state index is 13.0. The van der Waals surface area contributed by atoms with Crippen molar-refractivity contribution >= 4 is 11.8 Å². The molecule has 2 atom stereocenters. The minimum absolute atomic E-state index is 0.143. The van der Waals surface area contributed by atoms with E-state index in [4.69, 9.17) is 0 Å². The first-order valence-corrected chi connectivity index (χ1v) is 9.71. The molecule has 0 spiro atoms. The van der Waals surface area contributed by atoms with Gasteiger partial charge in [-0.1, -0.05) is 12.8 Å². The Kier molecular flexibility index (Phi) is 4.52. The van der Waals surface area contributed by atoms with E-state index in [1.165, 1.54) is 12.8 Å². The molecule has 6 nitrogen and oxygen atoms in total. The zero-order valence-electron chi connectivity index (χ0n) is 15.1. The van der Waals surface area contributed by atoms with Crippen LogP contribution in [0.3, 0.4) is 0 Å². The number of rotatable bonds is 3. The van der Waals surface area contributed by atoms with E-state index in [2.05, 4.69) is 9.55 Å². The monoisotopic (exact) mass is 344 g/mol. The van der Waals surface area contributed by atoms with Crippen LogP contribution in [0.2, 0.25) is 0 Å². The molecule has 136 valence electrons. The summed E-state index contributed by atoms with van der Waals surface area (Å²) in [5, 5.41) is 0. The minimum atomic E-state index is -0.143. The predicted octanol–water partition coefficient (Wildman–Crippen LogP) is 2.15. The van der Waals surface area contributed by atoms with E-state index in [1.807, 2.05) is 29.1 Å². The first kappa shape index (κ1) is 16.6. The van der Waals surface area contributed by atoms with Gasteiger partial charge in [0.25, 0.3) is 0 Å². The van der Waals surface area contributed by atoms with Crippen LogP contribution in [-0.4, -0.2) is 56.8 Å². The topological polar surface area (TPSA) is 58.4 Å². The summed E-state index contributed by atoms with van der Waals surface area (Å²) in [7, 11) is 0. The lowest BCUT2D eigenvalue weighted by Gasteiger charge is -2.35. The molecule has 2 amide bonds. The van der Waals surface area contributed by atoms with Crippen LogP contribution in [0, 0.1) is 12.8 Å². The van der Waals surface area contributed by atoms with Crippen LogP contribution in [0.25, 0.3) is 0 Å². The molecule has 1 aromatic heterocycles. The van der Waals surface area contributed by atoms with Crippen LogP contribution in [0.15, 0.2) is 12.4 Å². The summed E-state index contributed by atoms with van der Waals surface area (Å²) < 4.78 is 2.18. The highest BCUT2D eigenvalue weighted by Crippen LogP contribution is 2.31. The molecular weight excluding hydrogens is 316 g/mol. The first-order chi connectivity index (χ1) is 12.1. The van der Waals surface area contributed by atoms with E-state index in [0.29, 0.717) is 25.0 Å². The third-order valence-corrected chi connectivity index (χ3v) is 6.24. The lowest BCUT2D eigenvalue weighted by Crippen LogP contribution is -2.44. The maximum atomic E-state index is 13.0. The fourth-order valence-electron chi connectivity index (χ4n) is 4.88. The quantitative estimate of drug-likeness (QED) is 0.844. The van der Waals surface area contributed by atoms with E-state index in [0.717, 1.165) is 44.6 Å². The molecule has 3 heterocycles. The van der Waals surface area contributed by atoms with Crippen molar-refractivity contribution in [2.45, 2.75) is 64.0 Å². The number of imidazole rings is 1. The molecule has 4 rings (SSSR count). The van der Waals surface area contributed by atoms with Crippen molar-refractivity contribution in [2.24, 2.45) is 5.92 Å². The summed E-state index contributed by atoms with van der Waals surface area (Å²) in [5.41, 5.74) is 0. The van der Waals surface area contributed by atoms with Crippen molar-refractivity contribution in [3.05, 3.63) is 18.2 Å². The van der Waals surface area contributed by atoms with Gasteiger partial charge in [-0.05, 0) is 32.6 Å². The van der Waals surface area contributed by atoms with Crippen molar-refractivity contribution < 1.29 is 9.59 Å². The molecule has 2 saturated heterocycles. The molecule has 25 heavy (non-hydrogen) atoms. The molecule has 0 N–H and O–H groups in total. The number of aryl methyl sites for hydroxylation is 1. The fraction of sp³-hybridized carbons (Fsp3) is 0.737. The summed E-state index contributed by atoms with van der Waals surface area (Å²) >= 11 is 0. The predicted molar refractivity (Wildman–Crippen MR) is 93.9 cm³/mol.